The molecule has 15 heavy (non-hydrogen) atoms. The predicted octanol–water partition coefficient (Wildman–Crippen LogP) is 0.830. The molecule has 0 amide bonds. The maximum Gasteiger partial charge on any atom is 0.216 e. The van der Waals surface area contributed by atoms with E-state index in [0.29, 0.717) is 19.1 Å². The van der Waals surface area contributed by atoms with Crippen molar-refractivity contribution >= 4 is 22.4 Å². The third kappa shape index (κ3) is 3.59. The standard InChI is InChI=1S/C9H20N2O2S.ClH/c1-8(2)14(12,13)11-6-4-5-9(7-11)10-3;/h8-10H,4-7H2,1-3H3;1H. The third-order valence-corrected chi connectivity index (χ3v) is 4.99. The molecule has 0 aromatic rings. The molecule has 92 valence electrons. The summed E-state index contributed by atoms with van der Waals surface area (Å²) in [7, 11) is -1.16. The van der Waals surface area contributed by atoms with Crippen LogP contribution in [0, 0.1) is 0 Å². The van der Waals surface area contributed by atoms with Crippen LogP contribution in [0.5, 0.6) is 0 Å². The lowest BCUT2D eigenvalue weighted by molar-refractivity contribution is 0.291. The molecule has 1 saturated heterocycles. The molecule has 4 nitrogen and oxygen atoms in total. The minimum Gasteiger partial charge on any atom is -0.316 e. The highest BCUT2D eigenvalue weighted by atomic mass is 35.5. The fraction of sp³-hybridized carbons (Fsp3) is 1.00. The molecule has 0 bridgehead atoms. The largest absolute Gasteiger partial charge is 0.316 e. The highest BCUT2D eigenvalue weighted by Crippen LogP contribution is 2.16. The third-order valence-electron chi connectivity index (χ3n) is 2.75. The molecule has 1 aliphatic heterocycles. The van der Waals surface area contributed by atoms with E-state index in [0.717, 1.165) is 12.8 Å². The van der Waals surface area contributed by atoms with E-state index in [4.69, 9.17) is 0 Å². The first-order chi connectivity index (χ1) is 6.48. The lowest BCUT2D eigenvalue weighted by atomic mass is 10.1. The molecule has 1 unspecified atom stereocenters. The zero-order chi connectivity index (χ0) is 10.8. The number of piperidine rings is 1. The second kappa shape index (κ2) is 6.03. The van der Waals surface area contributed by atoms with Gasteiger partial charge in [-0.15, -0.1) is 12.4 Å². The molecule has 1 rings (SSSR count). The highest BCUT2D eigenvalue weighted by molar-refractivity contribution is 7.89. The number of rotatable bonds is 3. The molecular formula is C9H21ClN2O2S. The summed E-state index contributed by atoms with van der Waals surface area (Å²) in [6, 6.07) is 0.317. The molecule has 0 aliphatic carbocycles. The van der Waals surface area contributed by atoms with Crippen molar-refractivity contribution in [1.29, 1.82) is 0 Å². The van der Waals surface area contributed by atoms with Crippen LogP contribution >= 0.6 is 12.4 Å². The Bertz CT molecular complexity index is 280. The molecule has 1 fully saturated rings. The average Bonchev–Trinajstić information content (AvgIpc) is 2.17. The smallest absolute Gasteiger partial charge is 0.216 e. The Morgan fingerprint density at radius 3 is 2.47 bits per heavy atom. The second-order valence-corrected chi connectivity index (χ2v) is 6.57. The van der Waals surface area contributed by atoms with Crippen LogP contribution in [0.3, 0.4) is 0 Å². The number of hydrogen-bond acceptors (Lipinski definition) is 3. The van der Waals surface area contributed by atoms with Gasteiger partial charge in [0.2, 0.25) is 10.0 Å². The van der Waals surface area contributed by atoms with Gasteiger partial charge < -0.3 is 5.32 Å². The van der Waals surface area contributed by atoms with Crippen molar-refractivity contribution in [3.63, 3.8) is 0 Å². The highest BCUT2D eigenvalue weighted by Gasteiger charge is 2.30. The minimum atomic E-state index is -3.05. The predicted molar refractivity (Wildman–Crippen MR) is 65.0 cm³/mol. The van der Waals surface area contributed by atoms with Crippen molar-refractivity contribution in [2.75, 3.05) is 20.1 Å². The molecule has 0 radical (unpaired) electrons. The Labute approximate surface area is 98.9 Å². The Morgan fingerprint density at radius 2 is 2.00 bits per heavy atom. The summed E-state index contributed by atoms with van der Waals surface area (Å²) in [4.78, 5) is 0. The van der Waals surface area contributed by atoms with Crippen LogP contribution < -0.4 is 5.32 Å². The molecule has 0 saturated carbocycles. The molecule has 0 spiro atoms. The van der Waals surface area contributed by atoms with Gasteiger partial charge in [-0.3, -0.25) is 0 Å². The van der Waals surface area contributed by atoms with Crippen LogP contribution in [-0.2, 0) is 10.0 Å². The zero-order valence-electron chi connectivity index (χ0n) is 9.56. The fourth-order valence-corrected chi connectivity index (χ4v) is 3.07. The molecular weight excluding hydrogens is 236 g/mol. The van der Waals surface area contributed by atoms with Crippen LogP contribution in [0.4, 0.5) is 0 Å². The Kier molecular flexibility index (Phi) is 6.10. The van der Waals surface area contributed by atoms with Crippen molar-refractivity contribution in [2.24, 2.45) is 0 Å². The van der Waals surface area contributed by atoms with Crippen LogP contribution in [-0.4, -0.2) is 44.2 Å². The normalized spacial score (nSPS) is 23.9. The van der Waals surface area contributed by atoms with Gasteiger partial charge in [-0.2, -0.15) is 0 Å². The van der Waals surface area contributed by atoms with E-state index >= 15 is 0 Å². The van der Waals surface area contributed by atoms with Gasteiger partial charge in [-0.05, 0) is 33.7 Å². The maximum atomic E-state index is 11.8. The molecule has 1 atom stereocenters. The SMILES string of the molecule is CNC1CCCN(S(=O)(=O)C(C)C)C1.Cl. The first-order valence-corrected chi connectivity index (χ1v) is 6.65. The summed E-state index contributed by atoms with van der Waals surface area (Å²) in [5, 5.41) is 2.83. The molecule has 1 N–H and O–H groups in total. The monoisotopic (exact) mass is 256 g/mol. The zero-order valence-corrected chi connectivity index (χ0v) is 11.2. The van der Waals surface area contributed by atoms with Gasteiger partial charge in [0.1, 0.15) is 0 Å². The van der Waals surface area contributed by atoms with E-state index in [-0.39, 0.29) is 17.7 Å². The van der Waals surface area contributed by atoms with E-state index in [1.165, 1.54) is 0 Å². The van der Waals surface area contributed by atoms with E-state index < -0.39 is 10.0 Å². The fourth-order valence-electron chi connectivity index (χ4n) is 1.71. The van der Waals surface area contributed by atoms with Crippen LogP contribution in [0.2, 0.25) is 0 Å². The van der Waals surface area contributed by atoms with Gasteiger partial charge in [0.05, 0.1) is 5.25 Å². The number of halogens is 1. The second-order valence-electron chi connectivity index (χ2n) is 4.08. The van der Waals surface area contributed by atoms with E-state index in [2.05, 4.69) is 5.32 Å². The summed E-state index contributed by atoms with van der Waals surface area (Å²) in [5.74, 6) is 0. The molecule has 0 aromatic heterocycles. The van der Waals surface area contributed by atoms with Gasteiger partial charge in [0.25, 0.3) is 0 Å². The average molecular weight is 257 g/mol. The minimum absolute atomic E-state index is 0. The molecule has 1 heterocycles. The number of hydrogen-bond donors (Lipinski definition) is 1. The summed E-state index contributed by atoms with van der Waals surface area (Å²) < 4.78 is 25.3. The van der Waals surface area contributed by atoms with Gasteiger partial charge in [0, 0.05) is 19.1 Å². The van der Waals surface area contributed by atoms with Crippen LogP contribution in [0.1, 0.15) is 26.7 Å². The van der Waals surface area contributed by atoms with Crippen molar-refractivity contribution in [2.45, 2.75) is 38.0 Å². The van der Waals surface area contributed by atoms with E-state index in [9.17, 15) is 8.42 Å². The molecule has 1 aliphatic rings. The van der Waals surface area contributed by atoms with E-state index in [1.54, 1.807) is 18.2 Å². The Balaban J connectivity index is 0.00000196. The summed E-state index contributed by atoms with van der Waals surface area (Å²) in [5.41, 5.74) is 0. The van der Waals surface area contributed by atoms with Crippen molar-refractivity contribution in [3.8, 4) is 0 Å². The van der Waals surface area contributed by atoms with Gasteiger partial charge in [-0.25, -0.2) is 12.7 Å². The Morgan fingerprint density at radius 1 is 1.40 bits per heavy atom. The van der Waals surface area contributed by atoms with Crippen LogP contribution in [0.25, 0.3) is 0 Å². The summed E-state index contributed by atoms with van der Waals surface area (Å²) in [6.07, 6.45) is 2.03. The molecule has 6 heteroatoms. The molecule has 0 aromatic carbocycles. The number of likely N-dealkylation sites (N-methyl/N-ethyl adjacent to an activating group) is 1. The Hall–Kier alpha value is 0.160. The summed E-state index contributed by atoms with van der Waals surface area (Å²) in [6.45, 7) is 4.77. The van der Waals surface area contributed by atoms with Gasteiger partial charge >= 0.3 is 0 Å². The lowest BCUT2D eigenvalue weighted by Crippen LogP contribution is -2.48. The van der Waals surface area contributed by atoms with Crippen molar-refractivity contribution < 1.29 is 8.42 Å². The first-order valence-electron chi connectivity index (χ1n) is 5.14. The topological polar surface area (TPSA) is 49.4 Å². The maximum absolute atomic E-state index is 11.8. The number of nitrogens with one attached hydrogen (secondary N) is 1. The van der Waals surface area contributed by atoms with Crippen molar-refractivity contribution in [1.82, 2.24) is 9.62 Å². The van der Waals surface area contributed by atoms with Crippen molar-refractivity contribution in [3.05, 3.63) is 0 Å². The lowest BCUT2D eigenvalue weighted by Gasteiger charge is -2.32. The number of sulfonamides is 1. The van der Waals surface area contributed by atoms with Gasteiger partial charge in [0.15, 0.2) is 0 Å². The summed E-state index contributed by atoms with van der Waals surface area (Å²) >= 11 is 0. The van der Waals surface area contributed by atoms with Gasteiger partial charge in [-0.1, -0.05) is 0 Å². The quantitative estimate of drug-likeness (QED) is 0.814. The number of nitrogens with zero attached hydrogens (tertiary/aromatic N) is 1. The van der Waals surface area contributed by atoms with E-state index in [1.807, 2.05) is 7.05 Å². The first kappa shape index (κ1) is 15.2. The van der Waals surface area contributed by atoms with Crippen LogP contribution in [0.15, 0.2) is 0 Å².